The number of pyridine rings is 1. The fourth-order valence-electron chi connectivity index (χ4n) is 6.42. The molecule has 2 aliphatic rings. The first-order chi connectivity index (χ1) is 22.0. The number of nitrogens with one attached hydrogen (secondary N) is 1. The number of rotatable bonds is 8. The zero-order chi connectivity index (χ0) is 35.1. The van der Waals surface area contributed by atoms with Crippen molar-refractivity contribution in [2.75, 3.05) is 6.61 Å². The Morgan fingerprint density at radius 3 is 2.36 bits per heavy atom. The Hall–Kier alpha value is -3.93. The van der Waals surface area contributed by atoms with Crippen molar-refractivity contribution in [1.82, 2.24) is 10.3 Å². The van der Waals surface area contributed by atoms with Crippen LogP contribution in [0.25, 0.3) is 4.91 Å². The zero-order valence-electron chi connectivity index (χ0n) is 28.2. The van der Waals surface area contributed by atoms with Crippen LogP contribution >= 0.6 is 11.8 Å². The summed E-state index contributed by atoms with van der Waals surface area (Å²) in [5.74, 6) is -4.65. The third-order valence-corrected chi connectivity index (χ3v) is 9.64. The van der Waals surface area contributed by atoms with Crippen LogP contribution in [0.1, 0.15) is 73.4 Å². The van der Waals surface area contributed by atoms with Crippen molar-refractivity contribution in [1.29, 1.82) is 0 Å². The summed E-state index contributed by atoms with van der Waals surface area (Å²) in [6.45, 7) is 19.4. The van der Waals surface area contributed by atoms with E-state index in [2.05, 4.69) is 23.5 Å². The van der Waals surface area contributed by atoms with E-state index in [0.29, 0.717) is 9.81 Å². The van der Waals surface area contributed by atoms with Gasteiger partial charge in [-0.05, 0) is 64.3 Å². The first kappa shape index (κ1) is 37.5. The topological polar surface area (TPSA) is 147 Å². The van der Waals surface area contributed by atoms with Gasteiger partial charge in [0.2, 0.25) is 0 Å². The summed E-state index contributed by atoms with van der Waals surface area (Å²) in [7, 11) is 0. The van der Waals surface area contributed by atoms with Crippen molar-refractivity contribution in [3.8, 4) is 0 Å². The number of carbonyl (C=O) groups is 5. The summed E-state index contributed by atoms with van der Waals surface area (Å²) in [5, 5.41) is 2.72. The smallest absolute Gasteiger partial charge is 0.458 e. The molecule has 11 nitrogen and oxygen atoms in total. The number of thioether (sulfide) groups is 1. The largest absolute Gasteiger partial charge is 0.509 e. The van der Waals surface area contributed by atoms with Gasteiger partial charge in [-0.2, -0.15) is 0 Å². The lowest BCUT2D eigenvalue weighted by Crippen LogP contribution is -2.57. The Bertz CT molecular complexity index is 1410. The number of cyclic esters (lactones) is 1. The molecule has 0 bridgehead atoms. The number of hydrogen-bond acceptors (Lipinski definition) is 11. The summed E-state index contributed by atoms with van der Waals surface area (Å²) in [6, 6.07) is 4.70. The predicted octanol–water partition coefficient (Wildman–Crippen LogP) is 6.43. The molecular formula is C35H46N2O9S. The van der Waals surface area contributed by atoms with Crippen LogP contribution < -0.4 is 5.32 Å². The number of allylic oxidation sites excluding steroid dienone is 1. The lowest BCUT2D eigenvalue weighted by Gasteiger charge is -2.39. The normalized spacial score (nSPS) is 32.0. The molecule has 1 aromatic heterocycles. The third-order valence-electron chi connectivity index (χ3n) is 8.78. The fraction of sp³-hybridized carbons (Fsp3) is 0.543. The number of nitrogens with zero attached hydrogens (tertiary/aromatic N) is 1. The van der Waals surface area contributed by atoms with Gasteiger partial charge in [0.25, 0.3) is 0 Å². The second kappa shape index (κ2) is 15.8. The Labute approximate surface area is 280 Å². The van der Waals surface area contributed by atoms with E-state index in [0.717, 1.165) is 5.69 Å². The van der Waals surface area contributed by atoms with E-state index in [9.17, 15) is 24.0 Å². The van der Waals surface area contributed by atoms with E-state index in [1.54, 1.807) is 59.9 Å². The molecule has 256 valence electrons. The summed E-state index contributed by atoms with van der Waals surface area (Å²) < 4.78 is 22.5. The van der Waals surface area contributed by atoms with Gasteiger partial charge in [0.05, 0.1) is 11.7 Å². The van der Waals surface area contributed by atoms with Crippen molar-refractivity contribution in [2.45, 2.75) is 91.1 Å². The fourth-order valence-corrected chi connectivity index (χ4v) is 7.12. The van der Waals surface area contributed by atoms with E-state index in [1.807, 2.05) is 18.2 Å². The van der Waals surface area contributed by atoms with E-state index in [-0.39, 0.29) is 31.7 Å². The van der Waals surface area contributed by atoms with Crippen LogP contribution in [0, 0.1) is 23.7 Å². The summed E-state index contributed by atoms with van der Waals surface area (Å²) in [4.78, 5) is 71.4. The molecule has 1 N–H and O–H groups in total. The minimum atomic E-state index is -1.36. The summed E-state index contributed by atoms with van der Waals surface area (Å²) >= 11 is 1.32. The molecule has 2 unspecified atom stereocenters. The van der Waals surface area contributed by atoms with Crippen LogP contribution in [0.3, 0.4) is 0 Å². The molecule has 8 atom stereocenters. The number of carbonyl (C=O) groups excluding carboxylic acids is 5. The molecule has 0 aliphatic carbocycles. The molecule has 47 heavy (non-hydrogen) atoms. The van der Waals surface area contributed by atoms with Crippen molar-refractivity contribution in [2.24, 2.45) is 23.7 Å². The highest BCUT2D eigenvalue weighted by Crippen LogP contribution is 2.38. The number of ketones is 2. The average Bonchev–Trinajstić information content (AvgIpc) is 3.34. The van der Waals surface area contributed by atoms with Crippen LogP contribution in [0.15, 0.2) is 54.6 Å². The van der Waals surface area contributed by atoms with Gasteiger partial charge in [-0.15, -0.1) is 0 Å². The van der Waals surface area contributed by atoms with Gasteiger partial charge in [0.15, 0.2) is 5.60 Å². The molecule has 3 heterocycles. The van der Waals surface area contributed by atoms with E-state index >= 15 is 0 Å². The molecule has 2 fully saturated rings. The van der Waals surface area contributed by atoms with E-state index in [1.165, 1.54) is 18.7 Å². The molecule has 0 aromatic carbocycles. The number of esters is 1. The molecule has 2 saturated heterocycles. The maximum absolute atomic E-state index is 13.8. The van der Waals surface area contributed by atoms with Gasteiger partial charge in [-0.3, -0.25) is 19.4 Å². The van der Waals surface area contributed by atoms with Gasteiger partial charge in [0, 0.05) is 33.8 Å². The standard InChI is InChI=1S/C35H46N2O9S/c1-10-27-35(9)30(37-32(41)45-35)23(5)28(38)20(2)18-34(8,19-21(3)29(39)24(6)31(40)44-27)46-33(42)43-17-13-14-22(4)47-25(7)26-15-11-12-16-36-26/h11-16,20-21,23-24,27,30H,4,7,10,17-19H2,1-3,5-6,8-9H3,(H,37,41)/b14-13+/t20-,21-,23?,24-,27-,30?,34-,35-/m1/s1. The third kappa shape index (κ3) is 9.33. The molecular weight excluding hydrogens is 624 g/mol. The quantitative estimate of drug-likeness (QED) is 0.141. The van der Waals surface area contributed by atoms with Gasteiger partial charge in [-0.1, -0.05) is 58.7 Å². The highest BCUT2D eigenvalue weighted by Gasteiger charge is 2.56. The molecule has 0 saturated carbocycles. The SMILES string of the molecule is C=C(/C=C/COC(=O)O[C@]1(C)C[C@@H](C)C(=O)C(C)C2NC(=O)O[C@]2(C)[C@@H](CC)OC(=O)[C@H](C)C(=O)[C@H](C)C1)SC(=C)c1ccccn1. The lowest BCUT2D eigenvalue weighted by molar-refractivity contribution is -0.171. The second-order valence-corrected chi connectivity index (χ2v) is 14.0. The Balaban J connectivity index is 1.76. The van der Waals surface area contributed by atoms with Crippen LogP contribution in [0.5, 0.6) is 0 Å². The van der Waals surface area contributed by atoms with Gasteiger partial charge >= 0.3 is 18.2 Å². The first-order valence-corrected chi connectivity index (χ1v) is 16.6. The monoisotopic (exact) mass is 670 g/mol. The second-order valence-electron chi connectivity index (χ2n) is 12.8. The number of Topliss-reactive ketones (excluding diaryl/α,β-unsaturated/α-hetero) is 2. The molecule has 0 spiro atoms. The minimum absolute atomic E-state index is 0.0294. The Morgan fingerprint density at radius 1 is 1.09 bits per heavy atom. The number of amides is 1. The minimum Gasteiger partial charge on any atom is -0.458 e. The van der Waals surface area contributed by atoms with E-state index < -0.39 is 71.0 Å². The number of ether oxygens (including phenoxy) is 4. The molecule has 1 aromatic rings. The molecule has 12 heteroatoms. The maximum Gasteiger partial charge on any atom is 0.509 e. The highest BCUT2D eigenvalue weighted by atomic mass is 32.2. The molecule has 2 aliphatic heterocycles. The van der Waals surface area contributed by atoms with Crippen LogP contribution in [0.2, 0.25) is 0 Å². The maximum atomic E-state index is 13.8. The number of alkyl carbamates (subject to hydrolysis) is 1. The van der Waals surface area contributed by atoms with Crippen LogP contribution in [0.4, 0.5) is 9.59 Å². The lowest BCUT2D eigenvalue weighted by atomic mass is 9.74. The Kier molecular flexibility index (Phi) is 12.6. The number of hydrogen-bond donors (Lipinski definition) is 1. The van der Waals surface area contributed by atoms with Crippen molar-refractivity contribution >= 4 is 46.5 Å². The van der Waals surface area contributed by atoms with Gasteiger partial charge < -0.3 is 24.3 Å². The zero-order valence-corrected chi connectivity index (χ0v) is 29.0. The van der Waals surface area contributed by atoms with Gasteiger partial charge in [0.1, 0.15) is 35.8 Å². The summed E-state index contributed by atoms with van der Waals surface area (Å²) in [6.07, 6.45) is 2.73. The Morgan fingerprint density at radius 2 is 1.74 bits per heavy atom. The predicted molar refractivity (Wildman–Crippen MR) is 178 cm³/mol. The molecule has 3 rings (SSSR count). The molecule has 1 amide bonds. The van der Waals surface area contributed by atoms with Crippen LogP contribution in [-0.2, 0) is 33.3 Å². The number of fused-ring (bicyclic) bond motifs is 1. The van der Waals surface area contributed by atoms with E-state index in [4.69, 9.17) is 18.9 Å². The number of aromatic nitrogens is 1. The van der Waals surface area contributed by atoms with Gasteiger partial charge in [-0.25, -0.2) is 9.59 Å². The highest BCUT2D eigenvalue weighted by molar-refractivity contribution is 8.11. The van der Waals surface area contributed by atoms with Crippen molar-refractivity contribution < 1.29 is 42.9 Å². The molecule has 0 radical (unpaired) electrons. The van der Waals surface area contributed by atoms with Crippen molar-refractivity contribution in [3.63, 3.8) is 0 Å². The summed E-state index contributed by atoms with van der Waals surface area (Å²) in [5.41, 5.74) is -1.95. The first-order valence-electron chi connectivity index (χ1n) is 15.8. The van der Waals surface area contributed by atoms with Crippen LogP contribution in [-0.4, -0.2) is 64.7 Å². The average molecular weight is 671 g/mol. The van der Waals surface area contributed by atoms with Crippen molar-refractivity contribution in [3.05, 3.63) is 60.3 Å².